The van der Waals surface area contributed by atoms with Crippen molar-refractivity contribution < 1.29 is 9.21 Å². The molecule has 5 heteroatoms. The highest BCUT2D eigenvalue weighted by Gasteiger charge is 2.21. The van der Waals surface area contributed by atoms with Crippen molar-refractivity contribution in [2.24, 2.45) is 0 Å². The Balaban J connectivity index is 1.57. The summed E-state index contributed by atoms with van der Waals surface area (Å²) in [6, 6.07) is 0. The van der Waals surface area contributed by atoms with Crippen LogP contribution in [0.4, 0.5) is 0 Å². The van der Waals surface area contributed by atoms with Gasteiger partial charge in [0.2, 0.25) is 0 Å². The molecule has 2 N–H and O–H groups in total. The van der Waals surface area contributed by atoms with Crippen molar-refractivity contribution in [3.05, 3.63) is 17.8 Å². The van der Waals surface area contributed by atoms with E-state index in [1.165, 1.54) is 51.2 Å². The second kappa shape index (κ2) is 11.2. The highest BCUT2D eigenvalue weighted by atomic mass is 16.3. The van der Waals surface area contributed by atoms with E-state index in [9.17, 15) is 4.79 Å². The molecule has 2 rings (SSSR count). The molecule has 1 fully saturated rings. The second-order valence-corrected chi connectivity index (χ2v) is 6.85. The van der Waals surface area contributed by atoms with Gasteiger partial charge in [-0.3, -0.25) is 4.79 Å². The second-order valence-electron chi connectivity index (χ2n) is 6.85. The number of hydrogen-bond acceptors (Lipinski definition) is 4. The zero-order valence-electron chi connectivity index (χ0n) is 15.1. The summed E-state index contributed by atoms with van der Waals surface area (Å²) < 4.78 is 5.50. The third-order valence-corrected chi connectivity index (χ3v) is 4.72. The molecule has 1 saturated heterocycles. The van der Waals surface area contributed by atoms with Crippen molar-refractivity contribution in [3.63, 3.8) is 0 Å². The molecule has 0 spiro atoms. The van der Waals surface area contributed by atoms with Crippen molar-refractivity contribution in [1.82, 2.24) is 15.6 Å². The number of nitrogens with one attached hydrogen (secondary N) is 2. The predicted octanol–water partition coefficient (Wildman–Crippen LogP) is 4.01. The monoisotopic (exact) mass is 335 g/mol. The van der Waals surface area contributed by atoms with E-state index in [2.05, 4.69) is 22.5 Å². The largest absolute Gasteiger partial charge is 0.448 e. The van der Waals surface area contributed by atoms with Crippen LogP contribution >= 0.6 is 0 Å². The number of piperidine rings is 1. The predicted molar refractivity (Wildman–Crippen MR) is 96.3 cm³/mol. The molecule has 0 bridgehead atoms. The molecule has 1 atom stereocenters. The van der Waals surface area contributed by atoms with Gasteiger partial charge in [0, 0.05) is 19.0 Å². The average molecular weight is 335 g/mol. The fourth-order valence-electron chi connectivity index (χ4n) is 3.19. The Morgan fingerprint density at radius 1 is 1.25 bits per heavy atom. The number of nitrogens with zero attached hydrogens (tertiary/aromatic N) is 1. The van der Waals surface area contributed by atoms with Crippen LogP contribution in [0.1, 0.15) is 93.4 Å². The van der Waals surface area contributed by atoms with Crippen LogP contribution in [0.15, 0.2) is 10.7 Å². The first-order valence-corrected chi connectivity index (χ1v) is 9.75. The van der Waals surface area contributed by atoms with E-state index in [1.54, 1.807) is 0 Å². The van der Waals surface area contributed by atoms with Gasteiger partial charge < -0.3 is 15.1 Å². The van der Waals surface area contributed by atoms with Crippen LogP contribution in [0.25, 0.3) is 0 Å². The fourth-order valence-corrected chi connectivity index (χ4v) is 3.19. The molecule has 1 aromatic heterocycles. The van der Waals surface area contributed by atoms with E-state index in [4.69, 9.17) is 4.42 Å². The average Bonchev–Trinajstić information content (AvgIpc) is 3.11. The molecule has 1 aliphatic rings. The van der Waals surface area contributed by atoms with Crippen molar-refractivity contribution in [2.45, 2.75) is 77.0 Å². The maximum atomic E-state index is 12.1. The van der Waals surface area contributed by atoms with Gasteiger partial charge >= 0.3 is 0 Å². The zero-order valence-corrected chi connectivity index (χ0v) is 15.1. The Labute approximate surface area is 146 Å². The fraction of sp³-hybridized carbons (Fsp3) is 0.789. The Bertz CT molecular complexity index is 467. The molecule has 0 aliphatic carbocycles. The normalized spacial score (nSPS) is 17.8. The van der Waals surface area contributed by atoms with Gasteiger partial charge in [-0.25, -0.2) is 4.98 Å². The van der Waals surface area contributed by atoms with E-state index in [-0.39, 0.29) is 5.91 Å². The molecular formula is C19H33N3O2. The zero-order chi connectivity index (χ0) is 17.0. The summed E-state index contributed by atoms with van der Waals surface area (Å²) in [4.78, 5) is 16.5. The van der Waals surface area contributed by atoms with Crippen LogP contribution in [-0.4, -0.2) is 30.5 Å². The van der Waals surface area contributed by atoms with Gasteiger partial charge in [-0.05, 0) is 25.8 Å². The van der Waals surface area contributed by atoms with E-state index in [1.807, 2.05) is 0 Å². The molecular weight excluding hydrogens is 302 g/mol. The molecule has 1 aliphatic heterocycles. The maximum Gasteiger partial charge on any atom is 0.273 e. The lowest BCUT2D eigenvalue weighted by atomic mass is 10.00. The molecule has 0 saturated carbocycles. The lowest BCUT2D eigenvalue weighted by molar-refractivity contribution is 0.0948. The van der Waals surface area contributed by atoms with Crippen molar-refractivity contribution >= 4 is 5.91 Å². The summed E-state index contributed by atoms with van der Waals surface area (Å²) in [5.74, 6) is 0.879. The van der Waals surface area contributed by atoms with E-state index < -0.39 is 0 Å². The first kappa shape index (κ1) is 19.0. The lowest BCUT2D eigenvalue weighted by Crippen LogP contribution is -2.29. The van der Waals surface area contributed by atoms with E-state index in [0.29, 0.717) is 17.5 Å². The van der Waals surface area contributed by atoms with Gasteiger partial charge in [0.1, 0.15) is 6.26 Å². The molecule has 2 heterocycles. The molecule has 5 nitrogen and oxygen atoms in total. The highest BCUT2D eigenvalue weighted by molar-refractivity contribution is 5.91. The van der Waals surface area contributed by atoms with Crippen LogP contribution < -0.4 is 10.6 Å². The van der Waals surface area contributed by atoms with E-state index >= 15 is 0 Å². The summed E-state index contributed by atoms with van der Waals surface area (Å²) in [5.41, 5.74) is 0.412. The van der Waals surface area contributed by atoms with E-state index in [0.717, 1.165) is 38.9 Å². The Kier molecular flexibility index (Phi) is 8.88. The molecule has 1 unspecified atom stereocenters. The van der Waals surface area contributed by atoms with Gasteiger partial charge in [0.05, 0.1) is 0 Å². The number of amides is 1. The highest BCUT2D eigenvalue weighted by Crippen LogP contribution is 2.22. The number of unbranched alkanes of at least 4 members (excludes halogenated alkanes) is 7. The molecule has 1 amide bonds. The summed E-state index contributed by atoms with van der Waals surface area (Å²) in [7, 11) is 0. The van der Waals surface area contributed by atoms with Crippen LogP contribution in [0, 0.1) is 0 Å². The maximum absolute atomic E-state index is 12.1. The molecule has 136 valence electrons. The van der Waals surface area contributed by atoms with Gasteiger partial charge in [0.25, 0.3) is 5.91 Å². The van der Waals surface area contributed by atoms with Crippen LogP contribution in [0.3, 0.4) is 0 Å². The van der Waals surface area contributed by atoms with Crippen LogP contribution in [0.2, 0.25) is 0 Å². The molecule has 0 radical (unpaired) electrons. The minimum absolute atomic E-state index is 0.114. The summed E-state index contributed by atoms with van der Waals surface area (Å²) in [6.45, 7) is 4.91. The minimum atomic E-state index is -0.114. The summed E-state index contributed by atoms with van der Waals surface area (Å²) in [5, 5.41) is 6.29. The number of oxazole rings is 1. The number of carbonyl (C=O) groups excluding carboxylic acids is 1. The molecule has 0 aromatic carbocycles. The number of rotatable bonds is 11. The topological polar surface area (TPSA) is 67.2 Å². The van der Waals surface area contributed by atoms with Crippen LogP contribution in [-0.2, 0) is 0 Å². The van der Waals surface area contributed by atoms with Gasteiger partial charge in [0.15, 0.2) is 11.6 Å². The quantitative estimate of drug-likeness (QED) is 0.600. The first-order valence-electron chi connectivity index (χ1n) is 9.75. The third kappa shape index (κ3) is 6.63. The number of hydrogen-bond donors (Lipinski definition) is 2. The van der Waals surface area contributed by atoms with Gasteiger partial charge in [-0.2, -0.15) is 0 Å². The number of aromatic nitrogens is 1. The van der Waals surface area contributed by atoms with Gasteiger partial charge in [-0.15, -0.1) is 0 Å². The van der Waals surface area contributed by atoms with Crippen molar-refractivity contribution in [1.29, 1.82) is 0 Å². The van der Waals surface area contributed by atoms with Crippen molar-refractivity contribution in [2.75, 3.05) is 19.6 Å². The SMILES string of the molecule is CCCCCCCCCCNC(=O)c1coc(C2CCCNC2)n1. The number of carbonyl (C=O) groups is 1. The third-order valence-electron chi connectivity index (χ3n) is 4.72. The van der Waals surface area contributed by atoms with Gasteiger partial charge in [-0.1, -0.05) is 51.9 Å². The van der Waals surface area contributed by atoms with Crippen LogP contribution in [0.5, 0.6) is 0 Å². The summed E-state index contributed by atoms with van der Waals surface area (Å²) in [6.07, 6.45) is 13.9. The molecule has 24 heavy (non-hydrogen) atoms. The lowest BCUT2D eigenvalue weighted by Gasteiger charge is -2.19. The smallest absolute Gasteiger partial charge is 0.273 e. The molecule has 1 aromatic rings. The Hall–Kier alpha value is -1.36. The standard InChI is InChI=1S/C19H33N3O2/c1-2-3-4-5-6-7-8-9-13-21-18(23)17-15-24-19(22-17)16-11-10-12-20-14-16/h15-16,20H,2-14H2,1H3,(H,21,23). The minimum Gasteiger partial charge on any atom is -0.448 e. The first-order chi connectivity index (χ1) is 11.8. The summed E-state index contributed by atoms with van der Waals surface area (Å²) >= 11 is 0. The Morgan fingerprint density at radius 3 is 2.71 bits per heavy atom. The van der Waals surface area contributed by atoms with Crippen molar-refractivity contribution in [3.8, 4) is 0 Å². The Morgan fingerprint density at radius 2 is 2.00 bits per heavy atom.